The second-order valence-electron chi connectivity index (χ2n) is 4.36. The van der Waals surface area contributed by atoms with Gasteiger partial charge in [-0.1, -0.05) is 6.92 Å². The van der Waals surface area contributed by atoms with Gasteiger partial charge in [0.1, 0.15) is 0 Å². The molecule has 1 amide bonds. The van der Waals surface area contributed by atoms with E-state index >= 15 is 0 Å². The second-order valence-corrected chi connectivity index (χ2v) is 6.23. The number of nitrogens with one attached hydrogen (secondary N) is 2. The molecule has 0 spiro atoms. The maximum absolute atomic E-state index is 11.7. The third-order valence-electron chi connectivity index (χ3n) is 2.46. The lowest BCUT2D eigenvalue weighted by Gasteiger charge is -2.17. The van der Waals surface area contributed by atoms with Crippen LogP contribution in [0.5, 0.6) is 0 Å². The van der Waals surface area contributed by atoms with Crippen molar-refractivity contribution >= 4 is 21.9 Å². The van der Waals surface area contributed by atoms with Gasteiger partial charge in [-0.2, -0.15) is 0 Å². The molecule has 2 atom stereocenters. The van der Waals surface area contributed by atoms with Gasteiger partial charge >= 0.3 is 5.97 Å². The molecule has 0 aliphatic heterocycles. The molecule has 118 valence electrons. The fourth-order valence-corrected chi connectivity index (χ4v) is 2.75. The van der Waals surface area contributed by atoms with E-state index in [1.54, 1.807) is 6.92 Å². The number of ether oxygens (including phenoxy) is 1. The molecule has 0 aromatic carbocycles. The number of rotatable bonds is 10. The highest BCUT2D eigenvalue weighted by Gasteiger charge is 2.21. The molecule has 20 heavy (non-hydrogen) atoms. The molecule has 2 unspecified atom stereocenters. The van der Waals surface area contributed by atoms with Gasteiger partial charge in [0, 0.05) is 13.7 Å². The molecule has 0 aromatic rings. The number of carboxylic acid groups (broad SMARTS) is 1. The van der Waals surface area contributed by atoms with E-state index in [-0.39, 0.29) is 18.7 Å². The summed E-state index contributed by atoms with van der Waals surface area (Å²) in [7, 11) is -2.13. The number of hydrogen-bond donors (Lipinski definition) is 3. The zero-order valence-corrected chi connectivity index (χ0v) is 12.7. The van der Waals surface area contributed by atoms with Crippen LogP contribution in [-0.4, -0.2) is 57.0 Å². The lowest BCUT2D eigenvalue weighted by Crippen LogP contribution is -2.47. The van der Waals surface area contributed by atoms with Gasteiger partial charge in [-0.05, 0) is 13.3 Å². The van der Waals surface area contributed by atoms with Crippen molar-refractivity contribution in [3.63, 3.8) is 0 Å². The Hall–Kier alpha value is -1.19. The summed E-state index contributed by atoms with van der Waals surface area (Å²) in [6.07, 6.45) is -0.447. The minimum atomic E-state index is -3.48. The van der Waals surface area contributed by atoms with E-state index in [9.17, 15) is 18.0 Å². The Labute approximate surface area is 118 Å². The van der Waals surface area contributed by atoms with Gasteiger partial charge in [-0.3, -0.25) is 9.59 Å². The summed E-state index contributed by atoms with van der Waals surface area (Å²) >= 11 is 0. The first-order valence-corrected chi connectivity index (χ1v) is 7.89. The average molecular weight is 310 g/mol. The van der Waals surface area contributed by atoms with E-state index in [1.807, 2.05) is 0 Å². The van der Waals surface area contributed by atoms with Crippen molar-refractivity contribution < 1.29 is 27.9 Å². The van der Waals surface area contributed by atoms with Gasteiger partial charge < -0.3 is 15.2 Å². The van der Waals surface area contributed by atoms with Gasteiger partial charge in [0.2, 0.25) is 15.9 Å². The van der Waals surface area contributed by atoms with E-state index in [0.717, 1.165) is 0 Å². The molecule has 0 radical (unpaired) electrons. The second kappa shape index (κ2) is 8.88. The fourth-order valence-electron chi connectivity index (χ4n) is 1.45. The Morgan fingerprint density at radius 3 is 2.40 bits per heavy atom. The van der Waals surface area contributed by atoms with Crippen LogP contribution in [-0.2, 0) is 24.3 Å². The predicted molar refractivity (Wildman–Crippen MR) is 72.7 cm³/mol. The number of hydrogen-bond acceptors (Lipinski definition) is 5. The number of sulfonamides is 1. The topological polar surface area (TPSA) is 122 Å². The lowest BCUT2D eigenvalue weighted by molar-refractivity contribution is -0.140. The average Bonchev–Trinajstić information content (AvgIpc) is 2.32. The summed E-state index contributed by atoms with van der Waals surface area (Å²) < 4.78 is 30.1. The van der Waals surface area contributed by atoms with Crippen molar-refractivity contribution in [3.8, 4) is 0 Å². The molecule has 9 heteroatoms. The van der Waals surface area contributed by atoms with Gasteiger partial charge in [0.25, 0.3) is 0 Å². The Bertz CT molecular complexity index is 423. The minimum absolute atomic E-state index is 0.00147. The zero-order chi connectivity index (χ0) is 15.8. The Balaban J connectivity index is 4.29. The normalized spacial score (nSPS) is 14.6. The molecule has 8 nitrogen and oxygen atoms in total. The van der Waals surface area contributed by atoms with Crippen LogP contribution in [0.4, 0.5) is 0 Å². The Kier molecular flexibility index (Phi) is 8.35. The molecular formula is C11H22N2O6S. The van der Waals surface area contributed by atoms with Crippen LogP contribution >= 0.6 is 0 Å². The van der Waals surface area contributed by atoms with Crippen LogP contribution in [0.1, 0.15) is 26.7 Å². The molecule has 0 aliphatic carbocycles. The number of aliphatic carboxylic acids is 1. The quantitative estimate of drug-likeness (QED) is 0.491. The smallest absolute Gasteiger partial charge is 0.306 e. The lowest BCUT2D eigenvalue weighted by atomic mass is 10.2. The summed E-state index contributed by atoms with van der Waals surface area (Å²) in [5.74, 6) is -1.62. The molecule has 3 N–H and O–H groups in total. The number of carboxylic acids is 1. The number of carbonyl (C=O) groups excluding carboxylic acids is 1. The summed E-state index contributed by atoms with van der Waals surface area (Å²) in [4.78, 5) is 22.2. The van der Waals surface area contributed by atoms with Crippen LogP contribution in [0.15, 0.2) is 0 Å². The van der Waals surface area contributed by atoms with E-state index < -0.39 is 34.0 Å². The molecule has 0 bridgehead atoms. The van der Waals surface area contributed by atoms with Crippen molar-refractivity contribution in [2.75, 3.05) is 19.4 Å². The third kappa shape index (κ3) is 8.08. The first-order chi connectivity index (χ1) is 9.21. The van der Waals surface area contributed by atoms with Gasteiger partial charge in [0.05, 0.1) is 24.3 Å². The Morgan fingerprint density at radius 2 is 1.95 bits per heavy atom. The molecule has 0 saturated heterocycles. The van der Waals surface area contributed by atoms with Gasteiger partial charge in [-0.15, -0.1) is 0 Å². The molecule has 0 rings (SSSR count). The molecule has 0 heterocycles. The van der Waals surface area contributed by atoms with Crippen LogP contribution in [0.25, 0.3) is 0 Å². The highest BCUT2D eigenvalue weighted by molar-refractivity contribution is 7.89. The van der Waals surface area contributed by atoms with Crippen molar-refractivity contribution in [1.82, 2.24) is 10.0 Å². The maximum atomic E-state index is 11.7. The Morgan fingerprint density at radius 1 is 1.35 bits per heavy atom. The molecule has 0 saturated carbocycles. The van der Waals surface area contributed by atoms with Crippen LogP contribution < -0.4 is 10.0 Å². The summed E-state index contributed by atoms with van der Waals surface area (Å²) in [5, 5.41) is 11.1. The maximum Gasteiger partial charge on any atom is 0.306 e. The fraction of sp³-hybridized carbons (Fsp3) is 0.818. The zero-order valence-electron chi connectivity index (χ0n) is 11.9. The first-order valence-electron chi connectivity index (χ1n) is 6.24. The predicted octanol–water partition coefficient (Wildman–Crippen LogP) is -0.690. The SMILES string of the molecule is CCCS(=O)(=O)NC(C)C(=O)NCC(CC(=O)O)OC. The molecule has 0 aliphatic rings. The van der Waals surface area contributed by atoms with E-state index in [1.165, 1.54) is 14.0 Å². The highest BCUT2D eigenvalue weighted by Crippen LogP contribution is 1.97. The van der Waals surface area contributed by atoms with E-state index in [2.05, 4.69) is 10.0 Å². The van der Waals surface area contributed by atoms with Gasteiger partial charge in [0.15, 0.2) is 0 Å². The molecular weight excluding hydrogens is 288 g/mol. The van der Waals surface area contributed by atoms with E-state index in [0.29, 0.717) is 6.42 Å². The van der Waals surface area contributed by atoms with Crippen LogP contribution in [0.2, 0.25) is 0 Å². The highest BCUT2D eigenvalue weighted by atomic mass is 32.2. The van der Waals surface area contributed by atoms with Crippen molar-refractivity contribution in [2.24, 2.45) is 0 Å². The summed E-state index contributed by atoms with van der Waals surface area (Å²) in [5.41, 5.74) is 0. The van der Waals surface area contributed by atoms with Crippen LogP contribution in [0.3, 0.4) is 0 Å². The third-order valence-corrected chi connectivity index (χ3v) is 4.12. The monoisotopic (exact) mass is 310 g/mol. The minimum Gasteiger partial charge on any atom is -0.481 e. The number of amides is 1. The molecule has 0 fully saturated rings. The molecule has 0 aromatic heterocycles. The first kappa shape index (κ1) is 18.8. The van der Waals surface area contributed by atoms with E-state index in [4.69, 9.17) is 9.84 Å². The largest absolute Gasteiger partial charge is 0.481 e. The summed E-state index contributed by atoms with van der Waals surface area (Å²) in [6.45, 7) is 3.14. The van der Waals surface area contributed by atoms with Crippen molar-refractivity contribution in [2.45, 2.75) is 38.8 Å². The van der Waals surface area contributed by atoms with Gasteiger partial charge in [-0.25, -0.2) is 13.1 Å². The number of methoxy groups -OCH3 is 1. The summed E-state index contributed by atoms with van der Waals surface area (Å²) in [6, 6.07) is -0.922. The van der Waals surface area contributed by atoms with Crippen LogP contribution in [0, 0.1) is 0 Å². The van der Waals surface area contributed by atoms with Crippen molar-refractivity contribution in [3.05, 3.63) is 0 Å². The number of carbonyl (C=O) groups is 2. The standard InChI is InChI=1S/C11H22N2O6S/c1-4-5-20(17,18)13-8(2)11(16)12-7-9(19-3)6-10(14)15/h8-9,13H,4-7H2,1-3H3,(H,12,16)(H,14,15). The van der Waals surface area contributed by atoms with Crippen molar-refractivity contribution in [1.29, 1.82) is 0 Å².